The van der Waals surface area contributed by atoms with Crippen molar-refractivity contribution in [2.45, 2.75) is 6.54 Å². The van der Waals surface area contributed by atoms with E-state index < -0.39 is 16.1 Å². The molecular weight excluding hydrogens is 384 g/mol. The number of amides is 2. The zero-order valence-electron chi connectivity index (χ0n) is 15.1. The third-order valence-corrected chi connectivity index (χ3v) is 4.97. The molecule has 2 aromatic rings. The zero-order chi connectivity index (χ0) is 20.3. The smallest absolute Gasteiger partial charge is 0.293 e. The van der Waals surface area contributed by atoms with Gasteiger partial charge in [-0.05, 0) is 35.5 Å². The standard InChI is InChI=1S/C19H16N2O6S/c1-26-15-7-6-13(16(10-15)27-2)9-17-18(22)20(19(23)28-17)11-12-4-3-5-14(8-12)21(24)25/h3-10H,11H2,1-2H3/b17-9+. The van der Waals surface area contributed by atoms with Crippen LogP contribution in [0, 0.1) is 10.1 Å². The van der Waals surface area contributed by atoms with E-state index in [0.717, 1.165) is 16.7 Å². The molecule has 0 atom stereocenters. The molecule has 1 fully saturated rings. The fourth-order valence-electron chi connectivity index (χ4n) is 2.67. The maximum Gasteiger partial charge on any atom is 0.293 e. The number of hydrogen-bond acceptors (Lipinski definition) is 7. The molecule has 0 aliphatic carbocycles. The zero-order valence-corrected chi connectivity index (χ0v) is 15.9. The Morgan fingerprint density at radius 3 is 2.61 bits per heavy atom. The lowest BCUT2D eigenvalue weighted by Gasteiger charge is -2.12. The first-order chi connectivity index (χ1) is 13.4. The molecule has 2 amide bonds. The van der Waals surface area contributed by atoms with Crippen LogP contribution in [-0.2, 0) is 11.3 Å². The predicted octanol–water partition coefficient (Wildman–Crippen LogP) is 3.85. The molecule has 0 spiro atoms. The van der Waals surface area contributed by atoms with E-state index in [9.17, 15) is 19.7 Å². The summed E-state index contributed by atoms with van der Waals surface area (Å²) in [6, 6.07) is 11.0. The normalized spacial score (nSPS) is 15.2. The van der Waals surface area contributed by atoms with E-state index in [4.69, 9.17) is 9.47 Å². The Balaban J connectivity index is 1.85. The van der Waals surface area contributed by atoms with Crippen molar-refractivity contribution in [1.82, 2.24) is 4.90 Å². The quantitative estimate of drug-likeness (QED) is 0.412. The largest absolute Gasteiger partial charge is 0.497 e. The third kappa shape index (κ3) is 3.99. The topological polar surface area (TPSA) is 99.0 Å². The first kappa shape index (κ1) is 19.4. The molecule has 3 rings (SSSR count). The fraction of sp³-hybridized carbons (Fsp3) is 0.158. The van der Waals surface area contributed by atoms with Gasteiger partial charge in [0.25, 0.3) is 16.8 Å². The summed E-state index contributed by atoms with van der Waals surface area (Å²) in [7, 11) is 3.04. The van der Waals surface area contributed by atoms with Gasteiger partial charge in [0.05, 0.1) is 30.6 Å². The Hall–Kier alpha value is -3.33. The third-order valence-electron chi connectivity index (χ3n) is 4.06. The highest BCUT2D eigenvalue weighted by atomic mass is 32.2. The Bertz CT molecular complexity index is 988. The van der Waals surface area contributed by atoms with Crippen LogP contribution in [-0.4, -0.2) is 35.2 Å². The number of nitrogens with zero attached hydrogens (tertiary/aromatic N) is 2. The Kier molecular flexibility index (Phi) is 5.65. The van der Waals surface area contributed by atoms with Crippen molar-refractivity contribution in [3.8, 4) is 11.5 Å². The lowest BCUT2D eigenvalue weighted by Crippen LogP contribution is -2.27. The van der Waals surface area contributed by atoms with Crippen LogP contribution in [0.3, 0.4) is 0 Å². The number of thioether (sulfide) groups is 1. The van der Waals surface area contributed by atoms with Crippen molar-refractivity contribution in [2.24, 2.45) is 0 Å². The lowest BCUT2D eigenvalue weighted by molar-refractivity contribution is -0.384. The summed E-state index contributed by atoms with van der Waals surface area (Å²) < 4.78 is 10.5. The number of nitro groups is 1. The van der Waals surface area contributed by atoms with Gasteiger partial charge in [-0.3, -0.25) is 24.6 Å². The van der Waals surface area contributed by atoms with Crippen LogP contribution in [0.4, 0.5) is 10.5 Å². The van der Waals surface area contributed by atoms with E-state index in [1.807, 2.05) is 0 Å². The molecule has 144 valence electrons. The van der Waals surface area contributed by atoms with Crippen LogP contribution in [0.25, 0.3) is 6.08 Å². The summed E-state index contributed by atoms with van der Waals surface area (Å²) in [5.74, 6) is 0.650. The highest BCUT2D eigenvalue weighted by molar-refractivity contribution is 8.18. The minimum absolute atomic E-state index is 0.0383. The first-order valence-electron chi connectivity index (χ1n) is 8.13. The molecule has 0 aromatic heterocycles. The maximum atomic E-state index is 12.7. The average molecular weight is 400 g/mol. The number of rotatable bonds is 6. The first-order valence-corrected chi connectivity index (χ1v) is 8.95. The minimum Gasteiger partial charge on any atom is -0.497 e. The molecule has 9 heteroatoms. The van der Waals surface area contributed by atoms with Crippen molar-refractivity contribution in [3.05, 3.63) is 68.6 Å². The number of imide groups is 1. The van der Waals surface area contributed by atoms with Crippen molar-refractivity contribution in [1.29, 1.82) is 0 Å². The van der Waals surface area contributed by atoms with Gasteiger partial charge in [-0.25, -0.2) is 0 Å². The number of hydrogen-bond donors (Lipinski definition) is 0. The molecule has 1 aliphatic heterocycles. The van der Waals surface area contributed by atoms with Crippen molar-refractivity contribution < 1.29 is 24.0 Å². The van der Waals surface area contributed by atoms with Crippen LogP contribution in [0.1, 0.15) is 11.1 Å². The second-order valence-corrected chi connectivity index (χ2v) is 6.80. The van der Waals surface area contributed by atoms with E-state index in [1.165, 1.54) is 32.4 Å². The number of methoxy groups -OCH3 is 2. The highest BCUT2D eigenvalue weighted by Crippen LogP contribution is 2.36. The average Bonchev–Trinajstić information content (AvgIpc) is 2.96. The molecule has 2 aromatic carbocycles. The molecule has 0 unspecified atom stereocenters. The van der Waals surface area contributed by atoms with Crippen LogP contribution < -0.4 is 9.47 Å². The fourth-order valence-corrected chi connectivity index (χ4v) is 3.50. The van der Waals surface area contributed by atoms with Crippen LogP contribution >= 0.6 is 11.8 Å². The van der Waals surface area contributed by atoms with Crippen LogP contribution in [0.15, 0.2) is 47.4 Å². The minimum atomic E-state index is -0.521. The van der Waals surface area contributed by atoms with Gasteiger partial charge in [0.1, 0.15) is 11.5 Å². The summed E-state index contributed by atoms with van der Waals surface area (Å²) in [5, 5.41) is 10.5. The molecular formula is C19H16N2O6S. The Morgan fingerprint density at radius 2 is 1.93 bits per heavy atom. The molecule has 0 N–H and O–H groups in total. The van der Waals surface area contributed by atoms with Gasteiger partial charge < -0.3 is 9.47 Å². The van der Waals surface area contributed by atoms with Gasteiger partial charge in [0.15, 0.2) is 0 Å². The second kappa shape index (κ2) is 8.13. The van der Waals surface area contributed by atoms with E-state index in [0.29, 0.717) is 22.6 Å². The monoisotopic (exact) mass is 400 g/mol. The predicted molar refractivity (Wildman–Crippen MR) is 104 cm³/mol. The van der Waals surface area contributed by atoms with Crippen molar-refractivity contribution in [2.75, 3.05) is 14.2 Å². The summed E-state index contributed by atoms with van der Waals surface area (Å²) in [6.45, 7) is -0.0383. The summed E-state index contributed by atoms with van der Waals surface area (Å²) in [5.41, 5.74) is 1.03. The van der Waals surface area contributed by atoms with Gasteiger partial charge in [0, 0.05) is 23.8 Å². The van der Waals surface area contributed by atoms with Gasteiger partial charge in [-0.1, -0.05) is 12.1 Å². The summed E-state index contributed by atoms with van der Waals surface area (Å²) >= 11 is 0.813. The summed E-state index contributed by atoms with van der Waals surface area (Å²) in [6.07, 6.45) is 1.58. The van der Waals surface area contributed by atoms with Crippen LogP contribution in [0.2, 0.25) is 0 Å². The van der Waals surface area contributed by atoms with Gasteiger partial charge in [-0.15, -0.1) is 0 Å². The number of ether oxygens (including phenoxy) is 2. The lowest BCUT2D eigenvalue weighted by atomic mass is 10.1. The molecule has 8 nitrogen and oxygen atoms in total. The second-order valence-electron chi connectivity index (χ2n) is 5.80. The van der Waals surface area contributed by atoms with E-state index >= 15 is 0 Å². The molecule has 1 aliphatic rings. The molecule has 28 heavy (non-hydrogen) atoms. The van der Waals surface area contributed by atoms with Gasteiger partial charge >= 0.3 is 0 Å². The molecule has 0 bridgehead atoms. The van der Waals surface area contributed by atoms with E-state index in [1.54, 1.807) is 30.3 Å². The van der Waals surface area contributed by atoms with Crippen LogP contribution in [0.5, 0.6) is 11.5 Å². The van der Waals surface area contributed by atoms with Crippen molar-refractivity contribution in [3.63, 3.8) is 0 Å². The molecule has 0 saturated carbocycles. The summed E-state index contributed by atoms with van der Waals surface area (Å²) in [4.78, 5) is 36.7. The number of carbonyl (C=O) groups is 2. The Labute approximate surface area is 164 Å². The van der Waals surface area contributed by atoms with Crippen molar-refractivity contribution >= 4 is 34.7 Å². The van der Waals surface area contributed by atoms with Gasteiger partial charge in [-0.2, -0.15) is 0 Å². The molecule has 1 heterocycles. The van der Waals surface area contributed by atoms with E-state index in [-0.39, 0.29) is 17.1 Å². The molecule has 0 radical (unpaired) electrons. The molecule has 1 saturated heterocycles. The van der Waals surface area contributed by atoms with E-state index in [2.05, 4.69) is 0 Å². The number of carbonyl (C=O) groups excluding carboxylic acids is 2. The number of nitro benzene ring substituents is 1. The Morgan fingerprint density at radius 1 is 1.14 bits per heavy atom. The maximum absolute atomic E-state index is 12.7. The highest BCUT2D eigenvalue weighted by Gasteiger charge is 2.35. The van der Waals surface area contributed by atoms with Gasteiger partial charge in [0.2, 0.25) is 0 Å². The number of non-ortho nitro benzene ring substituents is 1. The number of benzene rings is 2. The SMILES string of the molecule is COc1ccc(/C=C2/SC(=O)N(Cc3cccc([N+](=O)[O-])c3)C2=O)c(OC)c1.